The fourth-order valence-electron chi connectivity index (χ4n) is 1.74. The van der Waals surface area contributed by atoms with Crippen LogP contribution < -0.4 is 5.32 Å². The molecule has 2 rings (SSSR count). The Labute approximate surface area is 125 Å². The molecule has 0 radical (unpaired) electrons. The standard InChI is InChI=1S/C14H15F2N3OS/c1-2-3-4-5-12-18-19-14(21-12)17-13(20)9-6-7-10(15)11(16)8-9/h6-8H,2-5H2,1H3,(H,17,19,20). The maximum Gasteiger partial charge on any atom is 0.257 e. The fraction of sp³-hybridized carbons (Fsp3) is 0.357. The summed E-state index contributed by atoms with van der Waals surface area (Å²) in [5.41, 5.74) is 0.0385. The molecule has 0 aliphatic carbocycles. The molecule has 1 heterocycles. The van der Waals surface area contributed by atoms with Gasteiger partial charge in [0.2, 0.25) is 5.13 Å². The summed E-state index contributed by atoms with van der Waals surface area (Å²) in [6.07, 6.45) is 4.10. The average Bonchev–Trinajstić information content (AvgIpc) is 2.89. The largest absolute Gasteiger partial charge is 0.296 e. The molecule has 0 atom stereocenters. The molecule has 7 heteroatoms. The highest BCUT2D eigenvalue weighted by Gasteiger charge is 2.12. The third-order valence-corrected chi connectivity index (χ3v) is 3.76. The van der Waals surface area contributed by atoms with Crippen molar-refractivity contribution >= 4 is 22.4 Å². The first-order valence-corrected chi connectivity index (χ1v) is 7.50. The summed E-state index contributed by atoms with van der Waals surface area (Å²) in [5.74, 6) is -2.58. The molecule has 0 fully saturated rings. The molecule has 0 spiro atoms. The summed E-state index contributed by atoms with van der Waals surface area (Å²) in [4.78, 5) is 11.9. The van der Waals surface area contributed by atoms with Gasteiger partial charge in [-0.25, -0.2) is 8.78 Å². The van der Waals surface area contributed by atoms with Crippen LogP contribution in [0.25, 0.3) is 0 Å². The first-order valence-electron chi connectivity index (χ1n) is 6.69. The second-order valence-electron chi connectivity index (χ2n) is 4.54. The normalized spacial score (nSPS) is 10.6. The van der Waals surface area contributed by atoms with Gasteiger partial charge in [-0.05, 0) is 24.6 Å². The molecule has 1 amide bonds. The van der Waals surface area contributed by atoms with Gasteiger partial charge in [-0.15, -0.1) is 10.2 Å². The Kier molecular flexibility index (Phi) is 5.32. The lowest BCUT2D eigenvalue weighted by atomic mass is 10.2. The maximum absolute atomic E-state index is 13.1. The molecule has 0 aliphatic heterocycles. The van der Waals surface area contributed by atoms with Gasteiger partial charge in [-0.1, -0.05) is 31.1 Å². The van der Waals surface area contributed by atoms with Gasteiger partial charge in [0, 0.05) is 12.0 Å². The smallest absolute Gasteiger partial charge is 0.257 e. The highest BCUT2D eigenvalue weighted by Crippen LogP contribution is 2.18. The number of aryl methyl sites for hydroxylation is 1. The highest BCUT2D eigenvalue weighted by molar-refractivity contribution is 7.15. The van der Waals surface area contributed by atoms with E-state index in [0.717, 1.165) is 42.8 Å². The molecule has 0 bridgehead atoms. The minimum atomic E-state index is -1.06. The van der Waals surface area contributed by atoms with Crippen LogP contribution in [-0.4, -0.2) is 16.1 Å². The molecule has 2 aromatic rings. The number of carbonyl (C=O) groups excluding carboxylic acids is 1. The minimum Gasteiger partial charge on any atom is -0.296 e. The molecule has 0 unspecified atom stereocenters. The lowest BCUT2D eigenvalue weighted by Crippen LogP contribution is -2.12. The first-order chi connectivity index (χ1) is 10.1. The van der Waals surface area contributed by atoms with Gasteiger partial charge in [0.1, 0.15) is 5.01 Å². The summed E-state index contributed by atoms with van der Waals surface area (Å²) >= 11 is 1.29. The topological polar surface area (TPSA) is 54.9 Å². The van der Waals surface area contributed by atoms with Crippen LogP contribution in [0.2, 0.25) is 0 Å². The Morgan fingerprint density at radius 2 is 2.05 bits per heavy atom. The molecule has 1 N–H and O–H groups in total. The van der Waals surface area contributed by atoms with Crippen molar-refractivity contribution in [1.82, 2.24) is 10.2 Å². The Morgan fingerprint density at radius 3 is 2.76 bits per heavy atom. The van der Waals surface area contributed by atoms with E-state index in [2.05, 4.69) is 22.4 Å². The summed E-state index contributed by atoms with van der Waals surface area (Å²) in [5, 5.41) is 11.6. The maximum atomic E-state index is 13.1. The van der Waals surface area contributed by atoms with Gasteiger partial charge in [0.25, 0.3) is 5.91 Å². The zero-order valence-electron chi connectivity index (χ0n) is 11.5. The number of amides is 1. The number of rotatable bonds is 6. The number of aromatic nitrogens is 2. The summed E-state index contributed by atoms with van der Waals surface area (Å²) in [6.45, 7) is 2.12. The summed E-state index contributed by atoms with van der Waals surface area (Å²) in [7, 11) is 0. The Morgan fingerprint density at radius 1 is 1.24 bits per heavy atom. The SMILES string of the molecule is CCCCCc1nnc(NC(=O)c2ccc(F)c(F)c2)s1. The van der Waals surface area contributed by atoms with Crippen molar-refractivity contribution in [3.63, 3.8) is 0 Å². The molecule has 0 saturated carbocycles. The summed E-state index contributed by atoms with van der Waals surface area (Å²) < 4.78 is 25.9. The lowest BCUT2D eigenvalue weighted by Gasteiger charge is -2.01. The van der Waals surface area contributed by atoms with Gasteiger partial charge < -0.3 is 0 Å². The van der Waals surface area contributed by atoms with Crippen molar-refractivity contribution in [2.45, 2.75) is 32.6 Å². The van der Waals surface area contributed by atoms with E-state index >= 15 is 0 Å². The number of hydrogen-bond acceptors (Lipinski definition) is 4. The number of halogens is 2. The van der Waals surface area contributed by atoms with Crippen molar-refractivity contribution < 1.29 is 13.6 Å². The number of unbranched alkanes of at least 4 members (excludes halogenated alkanes) is 2. The highest BCUT2D eigenvalue weighted by atomic mass is 32.1. The summed E-state index contributed by atoms with van der Waals surface area (Å²) in [6, 6.07) is 2.99. The first kappa shape index (κ1) is 15.5. The van der Waals surface area contributed by atoms with Crippen molar-refractivity contribution in [2.75, 3.05) is 5.32 Å². The monoisotopic (exact) mass is 311 g/mol. The molecular weight excluding hydrogens is 296 g/mol. The van der Waals surface area contributed by atoms with Gasteiger partial charge in [0.05, 0.1) is 0 Å². The van der Waals surface area contributed by atoms with Crippen LogP contribution in [0.4, 0.5) is 13.9 Å². The van der Waals surface area contributed by atoms with E-state index in [1.807, 2.05) is 0 Å². The van der Waals surface area contributed by atoms with Crippen molar-refractivity contribution in [3.8, 4) is 0 Å². The van der Waals surface area contributed by atoms with E-state index in [9.17, 15) is 13.6 Å². The average molecular weight is 311 g/mol. The number of nitrogens with one attached hydrogen (secondary N) is 1. The van der Waals surface area contributed by atoms with Crippen molar-refractivity contribution in [2.24, 2.45) is 0 Å². The molecule has 0 aliphatic rings. The molecule has 1 aromatic heterocycles. The Bertz CT molecular complexity index is 630. The number of benzene rings is 1. The molecule has 0 saturated heterocycles. The van der Waals surface area contributed by atoms with E-state index in [0.29, 0.717) is 5.13 Å². The van der Waals surface area contributed by atoms with Crippen molar-refractivity contribution in [3.05, 3.63) is 40.4 Å². The van der Waals surface area contributed by atoms with Gasteiger partial charge >= 0.3 is 0 Å². The van der Waals surface area contributed by atoms with Crippen LogP contribution in [0.1, 0.15) is 41.6 Å². The predicted molar refractivity (Wildman–Crippen MR) is 77.4 cm³/mol. The second-order valence-corrected chi connectivity index (χ2v) is 5.60. The van der Waals surface area contributed by atoms with Crippen LogP contribution in [0.15, 0.2) is 18.2 Å². The third-order valence-electron chi connectivity index (χ3n) is 2.86. The fourth-order valence-corrected chi connectivity index (χ4v) is 2.51. The van der Waals surface area contributed by atoms with Crippen LogP contribution in [-0.2, 0) is 6.42 Å². The predicted octanol–water partition coefficient (Wildman–Crippen LogP) is 3.80. The van der Waals surface area contributed by atoms with E-state index < -0.39 is 17.5 Å². The zero-order valence-corrected chi connectivity index (χ0v) is 12.3. The van der Waals surface area contributed by atoms with E-state index in [1.54, 1.807) is 0 Å². The van der Waals surface area contributed by atoms with E-state index in [4.69, 9.17) is 0 Å². The number of nitrogens with zero attached hydrogens (tertiary/aromatic N) is 2. The van der Waals surface area contributed by atoms with E-state index in [1.165, 1.54) is 17.4 Å². The van der Waals surface area contributed by atoms with Crippen molar-refractivity contribution in [1.29, 1.82) is 0 Å². The molecule has 4 nitrogen and oxygen atoms in total. The van der Waals surface area contributed by atoms with Crippen LogP contribution in [0.5, 0.6) is 0 Å². The van der Waals surface area contributed by atoms with Crippen LogP contribution in [0, 0.1) is 11.6 Å². The number of anilines is 1. The minimum absolute atomic E-state index is 0.0385. The molecule has 112 valence electrons. The zero-order chi connectivity index (χ0) is 15.2. The Balaban J connectivity index is 1.97. The molecule has 1 aromatic carbocycles. The number of hydrogen-bond donors (Lipinski definition) is 1. The number of carbonyl (C=O) groups is 1. The van der Waals surface area contributed by atoms with Gasteiger partial charge in [-0.2, -0.15) is 0 Å². The van der Waals surface area contributed by atoms with E-state index in [-0.39, 0.29) is 5.56 Å². The van der Waals surface area contributed by atoms with Crippen LogP contribution >= 0.6 is 11.3 Å². The van der Waals surface area contributed by atoms with Crippen LogP contribution in [0.3, 0.4) is 0 Å². The van der Waals surface area contributed by atoms with Gasteiger partial charge in [-0.3, -0.25) is 10.1 Å². The molecular formula is C14H15F2N3OS. The van der Waals surface area contributed by atoms with Gasteiger partial charge in [0.15, 0.2) is 11.6 Å². The molecule has 21 heavy (non-hydrogen) atoms. The second kappa shape index (κ2) is 7.21. The lowest BCUT2D eigenvalue weighted by molar-refractivity contribution is 0.102. The Hall–Kier alpha value is -1.89. The third kappa shape index (κ3) is 4.29. The quantitative estimate of drug-likeness (QED) is 0.826.